The Hall–Kier alpha value is -1.74. The number of hydrogen-bond donors (Lipinski definition) is 0. The smallest absolute Gasteiger partial charge is 0.224 e. The maximum absolute atomic E-state index is 5.01. The number of hydrogen-bond acceptors (Lipinski definition) is 2. The molecule has 2 aromatic rings. The van der Waals surface area contributed by atoms with Gasteiger partial charge in [-0.1, -0.05) is 91.8 Å². The minimum atomic E-state index is 0.194. The van der Waals surface area contributed by atoms with E-state index < -0.39 is 0 Å². The van der Waals surface area contributed by atoms with Crippen LogP contribution in [0.4, 0.5) is 11.4 Å². The minimum absolute atomic E-state index is 0.194. The van der Waals surface area contributed by atoms with Crippen molar-refractivity contribution in [2.75, 3.05) is 0 Å². The molecule has 27 heavy (non-hydrogen) atoms. The zero-order chi connectivity index (χ0) is 20.1. The lowest BCUT2D eigenvalue weighted by molar-refractivity contribution is 0.834. The summed E-state index contributed by atoms with van der Waals surface area (Å²) in [6.45, 7) is 17.9. The van der Waals surface area contributed by atoms with Gasteiger partial charge in [-0.2, -0.15) is 0 Å². The molecule has 0 aromatic heterocycles. The van der Waals surface area contributed by atoms with Crippen LogP contribution in [0.15, 0.2) is 45.7 Å². The van der Waals surface area contributed by atoms with E-state index >= 15 is 0 Å². The Bertz CT molecular complexity index is 721. The topological polar surface area (TPSA) is 24.7 Å². The van der Waals surface area contributed by atoms with E-state index in [2.05, 4.69) is 91.8 Å². The van der Waals surface area contributed by atoms with Gasteiger partial charge in [0.1, 0.15) is 0 Å². The lowest BCUT2D eigenvalue weighted by Crippen LogP contribution is -1.96. The summed E-state index contributed by atoms with van der Waals surface area (Å²) in [4.78, 5) is 0. The SMILES string of the molecule is CC(C)c1cccc(C(C)C)c1N=[Si]=Nc1c(C(C)C)cccc1C(C)C. The van der Waals surface area contributed by atoms with Crippen LogP contribution >= 0.6 is 0 Å². The zero-order valence-electron chi connectivity index (χ0n) is 18.2. The molecule has 0 spiro atoms. The Labute approximate surface area is 167 Å². The molecule has 0 aliphatic heterocycles. The van der Waals surface area contributed by atoms with Gasteiger partial charge in [0.2, 0.25) is 9.10 Å². The molecule has 0 heterocycles. The van der Waals surface area contributed by atoms with Crippen LogP contribution in [0.5, 0.6) is 0 Å². The lowest BCUT2D eigenvalue weighted by atomic mass is 9.93. The Morgan fingerprint density at radius 1 is 0.519 bits per heavy atom. The van der Waals surface area contributed by atoms with Crippen LogP contribution in [0, 0.1) is 0 Å². The largest absolute Gasteiger partial charge is 0.235 e. The van der Waals surface area contributed by atoms with Gasteiger partial charge < -0.3 is 0 Å². The molecule has 0 atom stereocenters. The Kier molecular flexibility index (Phi) is 7.55. The van der Waals surface area contributed by atoms with Crippen molar-refractivity contribution in [2.45, 2.75) is 79.1 Å². The predicted molar refractivity (Wildman–Crippen MR) is 119 cm³/mol. The van der Waals surface area contributed by atoms with Crippen molar-refractivity contribution in [3.05, 3.63) is 58.7 Å². The maximum atomic E-state index is 5.01. The van der Waals surface area contributed by atoms with E-state index in [-0.39, 0.29) is 9.10 Å². The van der Waals surface area contributed by atoms with Crippen molar-refractivity contribution in [3.8, 4) is 0 Å². The van der Waals surface area contributed by atoms with Crippen molar-refractivity contribution in [2.24, 2.45) is 9.27 Å². The highest BCUT2D eigenvalue weighted by Gasteiger charge is 2.14. The first-order chi connectivity index (χ1) is 12.7. The standard InChI is InChI=1S/C24H34N2Si/c1-15(2)19-11-9-12-20(16(3)4)23(19)25-27-26-24-21(17(5)6)13-10-14-22(24)18(7)8/h9-18H,1-8H3. The van der Waals surface area contributed by atoms with Crippen molar-refractivity contribution >= 4 is 20.5 Å². The molecule has 0 saturated carbocycles. The Morgan fingerprint density at radius 2 is 0.778 bits per heavy atom. The van der Waals surface area contributed by atoms with Crippen LogP contribution in [-0.4, -0.2) is 9.10 Å². The molecule has 0 aliphatic carbocycles. The van der Waals surface area contributed by atoms with Crippen LogP contribution in [0.25, 0.3) is 0 Å². The highest BCUT2D eigenvalue weighted by atomic mass is 28.2. The zero-order valence-corrected chi connectivity index (χ0v) is 19.2. The third-order valence-electron chi connectivity index (χ3n) is 5.01. The minimum Gasteiger partial charge on any atom is -0.235 e. The molecule has 0 bridgehead atoms. The fourth-order valence-electron chi connectivity index (χ4n) is 3.41. The summed E-state index contributed by atoms with van der Waals surface area (Å²) in [7, 11) is 0.194. The Balaban J connectivity index is 2.62. The van der Waals surface area contributed by atoms with Crippen LogP contribution < -0.4 is 0 Å². The molecule has 2 aromatic carbocycles. The molecule has 0 fully saturated rings. The lowest BCUT2D eigenvalue weighted by Gasteiger charge is -2.16. The van der Waals surface area contributed by atoms with Crippen LogP contribution in [0.3, 0.4) is 0 Å². The molecular formula is C24H34N2Si. The van der Waals surface area contributed by atoms with E-state index in [0.717, 1.165) is 11.4 Å². The van der Waals surface area contributed by atoms with E-state index in [0.29, 0.717) is 23.7 Å². The van der Waals surface area contributed by atoms with Crippen molar-refractivity contribution in [3.63, 3.8) is 0 Å². The summed E-state index contributed by atoms with van der Waals surface area (Å²) >= 11 is 0. The average Bonchev–Trinajstić information content (AvgIpc) is 2.61. The molecule has 0 saturated heterocycles. The first-order valence-corrected chi connectivity index (χ1v) is 11.1. The summed E-state index contributed by atoms with van der Waals surface area (Å²) < 4.78 is 10.0. The predicted octanol–water partition coefficient (Wildman–Crippen LogP) is 8.21. The van der Waals surface area contributed by atoms with Gasteiger partial charge in [0.25, 0.3) is 0 Å². The summed E-state index contributed by atoms with van der Waals surface area (Å²) in [5.74, 6) is 1.84. The average molecular weight is 379 g/mol. The second kappa shape index (κ2) is 9.45. The van der Waals surface area contributed by atoms with Crippen LogP contribution in [0.2, 0.25) is 0 Å². The highest BCUT2D eigenvalue weighted by molar-refractivity contribution is 6.10. The Morgan fingerprint density at radius 3 is 1.00 bits per heavy atom. The number of rotatable bonds is 6. The van der Waals surface area contributed by atoms with Gasteiger partial charge in [-0.3, -0.25) is 0 Å². The monoisotopic (exact) mass is 378 g/mol. The molecule has 0 radical (unpaired) electrons. The maximum Gasteiger partial charge on any atom is 0.224 e. The van der Waals surface area contributed by atoms with E-state index in [9.17, 15) is 0 Å². The molecule has 0 aliphatic rings. The molecule has 2 rings (SSSR count). The second-order valence-electron chi connectivity index (χ2n) is 8.51. The second-order valence-corrected chi connectivity index (χ2v) is 9.16. The molecular weight excluding hydrogens is 344 g/mol. The molecule has 0 amide bonds. The quantitative estimate of drug-likeness (QED) is 0.452. The first kappa shape index (κ1) is 21.6. The fourth-order valence-corrected chi connectivity index (χ4v) is 4.17. The molecule has 144 valence electrons. The van der Waals surface area contributed by atoms with Gasteiger partial charge >= 0.3 is 0 Å². The summed E-state index contributed by atoms with van der Waals surface area (Å²) in [6.07, 6.45) is 0. The van der Waals surface area contributed by atoms with Crippen LogP contribution in [0.1, 0.15) is 101 Å². The van der Waals surface area contributed by atoms with Gasteiger partial charge in [-0.25, -0.2) is 9.27 Å². The van der Waals surface area contributed by atoms with Crippen molar-refractivity contribution in [1.82, 2.24) is 0 Å². The first-order valence-electron chi connectivity index (χ1n) is 10.2. The summed E-state index contributed by atoms with van der Waals surface area (Å²) in [5, 5.41) is 0. The molecule has 2 nitrogen and oxygen atoms in total. The van der Waals surface area contributed by atoms with E-state index in [4.69, 9.17) is 9.27 Å². The number of nitrogens with zero attached hydrogens (tertiary/aromatic N) is 2. The van der Waals surface area contributed by atoms with Gasteiger partial charge in [-0.15, -0.1) is 0 Å². The van der Waals surface area contributed by atoms with Gasteiger partial charge in [0.15, 0.2) is 0 Å². The summed E-state index contributed by atoms with van der Waals surface area (Å²) in [6, 6.07) is 13.2. The van der Waals surface area contributed by atoms with Crippen molar-refractivity contribution in [1.29, 1.82) is 0 Å². The van der Waals surface area contributed by atoms with E-state index in [1.54, 1.807) is 0 Å². The van der Waals surface area contributed by atoms with Crippen molar-refractivity contribution < 1.29 is 0 Å². The molecule has 0 N–H and O–H groups in total. The van der Waals surface area contributed by atoms with E-state index in [1.807, 2.05) is 0 Å². The normalized spacial score (nSPS) is 11.4. The highest BCUT2D eigenvalue weighted by Crippen LogP contribution is 2.36. The number of benzene rings is 2. The summed E-state index contributed by atoms with van der Waals surface area (Å²) in [5.41, 5.74) is 7.60. The van der Waals surface area contributed by atoms with E-state index in [1.165, 1.54) is 22.3 Å². The third-order valence-corrected chi connectivity index (χ3v) is 5.66. The molecule has 0 unspecified atom stereocenters. The van der Waals surface area contributed by atoms with Gasteiger partial charge in [-0.05, 0) is 45.9 Å². The molecule has 3 heteroatoms. The third kappa shape index (κ3) is 5.16. The van der Waals surface area contributed by atoms with Crippen LogP contribution in [-0.2, 0) is 0 Å². The van der Waals surface area contributed by atoms with Gasteiger partial charge in [0.05, 0.1) is 11.4 Å². The fraction of sp³-hybridized carbons (Fsp3) is 0.500. The van der Waals surface area contributed by atoms with Gasteiger partial charge in [0, 0.05) is 0 Å².